The molecule has 0 saturated heterocycles. The minimum Gasteiger partial charge on any atom is -0.858 e. The van der Waals surface area contributed by atoms with E-state index in [0.29, 0.717) is 6.07 Å². The first-order chi connectivity index (χ1) is 9.30. The monoisotopic (exact) mass is 362 g/mol. The van der Waals surface area contributed by atoms with Crippen LogP contribution in [0.1, 0.15) is 5.56 Å². The van der Waals surface area contributed by atoms with Crippen LogP contribution in [0.5, 0.6) is 0 Å². The van der Waals surface area contributed by atoms with Gasteiger partial charge in [0, 0.05) is 10.8 Å². The van der Waals surface area contributed by atoms with Crippen LogP contribution in [0.2, 0.25) is 0 Å². The van der Waals surface area contributed by atoms with Crippen LogP contribution < -0.4 is 5.11 Å². The van der Waals surface area contributed by atoms with Crippen LogP contribution in [0.15, 0.2) is 33.6 Å². The van der Waals surface area contributed by atoms with Crippen molar-refractivity contribution in [3.8, 4) is 0 Å². The van der Waals surface area contributed by atoms with E-state index in [4.69, 9.17) is 0 Å². The van der Waals surface area contributed by atoms with Gasteiger partial charge in [0.05, 0.1) is 0 Å². The predicted octanol–water partition coefficient (Wildman–Crippen LogP) is -0.716. The number of hydrogen-bond acceptors (Lipinski definition) is 7. The summed E-state index contributed by atoms with van der Waals surface area (Å²) in [6, 6.07) is 2.98. The summed E-state index contributed by atoms with van der Waals surface area (Å²) in [6.07, 6.45) is 0. The van der Waals surface area contributed by atoms with Gasteiger partial charge in [-0.2, -0.15) is 12.8 Å². The molecule has 0 aliphatic rings. The number of sulfonamides is 1. The van der Waals surface area contributed by atoms with Crippen molar-refractivity contribution in [3.63, 3.8) is 0 Å². The van der Waals surface area contributed by atoms with E-state index < -0.39 is 47.2 Å². The number of halogens is 2. The van der Waals surface area contributed by atoms with Crippen molar-refractivity contribution in [2.75, 3.05) is 0 Å². The van der Waals surface area contributed by atoms with Gasteiger partial charge in [-0.15, -0.1) is 3.89 Å². The molecule has 0 unspecified atom stereocenters. The third-order valence-corrected chi connectivity index (χ3v) is 4.49. The molecule has 0 amide bonds. The fraction of sp³-hybridized carbons (Fsp3) is 0. The first-order valence-electron chi connectivity index (χ1n) is 4.56. The van der Waals surface area contributed by atoms with Gasteiger partial charge in [-0.3, -0.25) is 0 Å². The zero-order valence-electron chi connectivity index (χ0n) is 9.54. The van der Waals surface area contributed by atoms with E-state index in [-0.39, 0.29) is 0 Å². The van der Waals surface area contributed by atoms with Crippen LogP contribution in [0.25, 0.3) is 4.13 Å². The second-order valence-electron chi connectivity index (χ2n) is 3.30. The van der Waals surface area contributed by atoms with Crippen LogP contribution in [0.4, 0.5) is 7.77 Å². The summed E-state index contributed by atoms with van der Waals surface area (Å²) < 4.78 is 92.0. The maximum absolute atomic E-state index is 12.3. The topological polar surface area (TPSA) is 152 Å². The molecule has 1 aromatic rings. The lowest BCUT2D eigenvalue weighted by Crippen LogP contribution is -2.20. The van der Waals surface area contributed by atoms with E-state index in [9.17, 15) is 38.1 Å². The zero-order chi connectivity index (χ0) is 16.5. The molecule has 14 heteroatoms. The van der Waals surface area contributed by atoms with Crippen LogP contribution >= 0.6 is 0 Å². The van der Waals surface area contributed by atoms with Gasteiger partial charge in [0.15, 0.2) is 0 Å². The Labute approximate surface area is 118 Å². The second kappa shape index (κ2) is 5.63. The first kappa shape index (κ1) is 17.4. The number of rotatable bonds is 5. The predicted molar refractivity (Wildman–Crippen MR) is 63.6 cm³/mol. The Bertz CT molecular complexity index is 890. The number of nitrogens with zero attached hydrogens (tertiary/aromatic N) is 2. The molecule has 0 fully saturated rings. The summed E-state index contributed by atoms with van der Waals surface area (Å²) in [5.41, 5.74) is -0.691. The maximum atomic E-state index is 12.3. The highest BCUT2D eigenvalue weighted by molar-refractivity contribution is 8.10. The highest BCUT2D eigenvalue weighted by atomic mass is 32.3. The molecule has 0 saturated carbocycles. The summed E-state index contributed by atoms with van der Waals surface area (Å²) in [5, 5.41) is 11.2. The largest absolute Gasteiger partial charge is 0.858 e. The zero-order valence-corrected chi connectivity index (χ0v) is 12.0. The fourth-order valence-corrected chi connectivity index (χ4v) is 3.21. The van der Waals surface area contributed by atoms with Crippen molar-refractivity contribution in [1.29, 1.82) is 0 Å². The van der Waals surface area contributed by atoms with Crippen LogP contribution in [-0.4, -0.2) is 31.2 Å². The number of benzene rings is 1. The first-order valence-corrected chi connectivity index (χ1v) is 8.68. The molecular formula is C7H4F2N2O7S3-2. The lowest BCUT2D eigenvalue weighted by atomic mass is 10.2. The second-order valence-corrected chi connectivity index (χ2v) is 7.15. The third-order valence-electron chi connectivity index (χ3n) is 1.76. The molecule has 0 radical (unpaired) electrons. The summed E-state index contributed by atoms with van der Waals surface area (Å²) in [4.78, 5) is -0.930. The van der Waals surface area contributed by atoms with Crippen molar-refractivity contribution in [1.82, 2.24) is 0 Å². The van der Waals surface area contributed by atoms with Crippen molar-refractivity contribution >= 4 is 36.7 Å². The van der Waals surface area contributed by atoms with Crippen LogP contribution in [0.3, 0.4) is 0 Å². The van der Waals surface area contributed by atoms with E-state index in [0.717, 1.165) is 18.2 Å². The number of hydrogen-bond donors (Lipinski definition) is 0. The molecule has 0 aliphatic heterocycles. The summed E-state index contributed by atoms with van der Waals surface area (Å²) in [7, 11) is -16.2. The average Bonchev–Trinajstić information content (AvgIpc) is 2.23. The average molecular weight is 362 g/mol. The van der Waals surface area contributed by atoms with Gasteiger partial charge in [0.25, 0.3) is 0 Å². The highest BCUT2D eigenvalue weighted by Gasteiger charge is 2.11. The van der Waals surface area contributed by atoms with Gasteiger partial charge < -0.3 is 9.23 Å². The molecule has 118 valence electrons. The fourth-order valence-electron chi connectivity index (χ4n) is 1.10. The van der Waals surface area contributed by atoms with Crippen molar-refractivity contribution in [2.24, 2.45) is 4.40 Å². The van der Waals surface area contributed by atoms with Crippen molar-refractivity contribution in [2.45, 2.75) is 4.90 Å². The maximum Gasteiger partial charge on any atom is 0.417 e. The molecule has 1 aromatic carbocycles. The lowest BCUT2D eigenvalue weighted by Gasteiger charge is -2.16. The molecule has 0 N–H and O–H groups in total. The molecule has 0 atom stereocenters. The van der Waals surface area contributed by atoms with Crippen molar-refractivity contribution < 1.29 is 38.1 Å². The van der Waals surface area contributed by atoms with E-state index >= 15 is 0 Å². The summed E-state index contributed by atoms with van der Waals surface area (Å²) in [6.45, 7) is 0. The lowest BCUT2D eigenvalue weighted by molar-refractivity contribution is -0.212. The van der Waals surface area contributed by atoms with Gasteiger partial charge in [-0.25, -0.2) is 16.8 Å². The van der Waals surface area contributed by atoms with E-state index in [2.05, 4.69) is 4.40 Å². The molecule has 21 heavy (non-hydrogen) atoms. The highest BCUT2D eigenvalue weighted by Crippen LogP contribution is 2.22. The van der Waals surface area contributed by atoms with Crippen LogP contribution in [-0.2, 0) is 30.8 Å². The van der Waals surface area contributed by atoms with Gasteiger partial charge in [-0.1, -0.05) is 16.0 Å². The molecule has 9 nitrogen and oxygen atoms in total. The van der Waals surface area contributed by atoms with Crippen molar-refractivity contribution in [3.05, 3.63) is 34.0 Å². The van der Waals surface area contributed by atoms with Gasteiger partial charge in [0.2, 0.25) is 10.4 Å². The minimum absolute atomic E-state index is 0.459. The molecule has 1 rings (SSSR count). The Morgan fingerprint density at radius 3 is 2.14 bits per heavy atom. The van der Waals surface area contributed by atoms with E-state index in [1.807, 2.05) is 4.13 Å². The summed E-state index contributed by atoms with van der Waals surface area (Å²) in [5.74, 6) is -1.64. The Kier molecular flexibility index (Phi) is 4.66. The Morgan fingerprint density at radius 1 is 1.10 bits per heavy atom. The quantitative estimate of drug-likeness (QED) is 0.381. The van der Waals surface area contributed by atoms with E-state index in [1.165, 1.54) is 0 Å². The Balaban J connectivity index is 3.33. The normalized spacial score (nSPS) is 14.1. The van der Waals surface area contributed by atoms with Gasteiger partial charge in [-0.05, 0) is 17.7 Å². The molecule has 0 aliphatic carbocycles. The van der Waals surface area contributed by atoms with Crippen LogP contribution in [0, 0.1) is 0 Å². The Hall–Kier alpha value is -1.64. The third kappa shape index (κ3) is 5.70. The molecule has 0 bridgehead atoms. The molecule has 0 aromatic heterocycles. The molecular weight excluding hydrogens is 358 g/mol. The Morgan fingerprint density at radius 2 is 1.67 bits per heavy atom. The molecule has 0 spiro atoms. The molecule has 0 heterocycles. The van der Waals surface area contributed by atoms with Gasteiger partial charge >= 0.3 is 10.4 Å². The smallest absolute Gasteiger partial charge is 0.417 e. The van der Waals surface area contributed by atoms with E-state index in [1.54, 1.807) is 0 Å². The summed E-state index contributed by atoms with van der Waals surface area (Å²) >= 11 is 0. The van der Waals surface area contributed by atoms with Gasteiger partial charge in [0.1, 0.15) is 10.0 Å². The standard InChI is InChI=1S/C7H5F2N2O7S3/c8-20(15,16)10-7(12)5-2-1-3-6(4-5)19(13,14)11-21(9,17)18/h1-4H,(H,10,12)/q-1/p-1. The SMILES string of the molecule is O=S(=O)(F)/N=C(\[O-])c1cccc(S(=O)(=O)[N-]S(=O)(=O)F)c1. The minimum atomic E-state index is -5.72.